The van der Waals surface area contributed by atoms with Gasteiger partial charge >= 0.3 is 0 Å². The summed E-state index contributed by atoms with van der Waals surface area (Å²) in [5.74, 6) is 0.0200. The van der Waals surface area contributed by atoms with Crippen LogP contribution in [-0.4, -0.2) is 16.2 Å². The SMILES string of the molecule is OC1CCCc2sc(-c3ccncc3)cc2C1c1ccc(Cl)cc1. The monoisotopic (exact) mass is 355 g/mol. The van der Waals surface area contributed by atoms with Crippen LogP contribution >= 0.6 is 22.9 Å². The number of fused-ring (bicyclic) bond motifs is 1. The van der Waals surface area contributed by atoms with Gasteiger partial charge in [0.1, 0.15) is 0 Å². The van der Waals surface area contributed by atoms with Crippen molar-refractivity contribution < 1.29 is 5.11 Å². The summed E-state index contributed by atoms with van der Waals surface area (Å²) in [5.41, 5.74) is 3.58. The first kappa shape index (κ1) is 15.8. The van der Waals surface area contributed by atoms with Gasteiger partial charge in [-0.15, -0.1) is 11.3 Å². The van der Waals surface area contributed by atoms with Crippen LogP contribution in [0.25, 0.3) is 10.4 Å². The smallest absolute Gasteiger partial charge is 0.0649 e. The number of pyridine rings is 1. The Hall–Kier alpha value is -1.68. The van der Waals surface area contributed by atoms with E-state index in [9.17, 15) is 5.11 Å². The maximum Gasteiger partial charge on any atom is 0.0649 e. The van der Waals surface area contributed by atoms with Gasteiger partial charge in [0.05, 0.1) is 6.10 Å². The van der Waals surface area contributed by atoms with Gasteiger partial charge in [0.25, 0.3) is 0 Å². The molecule has 0 amide bonds. The number of aliphatic hydroxyl groups is 1. The van der Waals surface area contributed by atoms with Gasteiger partial charge in [-0.25, -0.2) is 0 Å². The second-order valence-corrected chi connectivity index (χ2v) is 7.79. The first-order chi connectivity index (χ1) is 11.7. The first-order valence-electron chi connectivity index (χ1n) is 8.19. The maximum absolute atomic E-state index is 10.8. The number of halogens is 1. The minimum atomic E-state index is -0.354. The molecule has 3 aromatic rings. The van der Waals surface area contributed by atoms with Crippen LogP contribution in [-0.2, 0) is 6.42 Å². The fraction of sp³-hybridized carbons (Fsp3) is 0.250. The molecule has 0 bridgehead atoms. The number of aryl methyl sites for hydroxylation is 1. The average molecular weight is 356 g/mol. The second-order valence-electron chi connectivity index (χ2n) is 6.21. The third-order valence-corrected chi connectivity index (χ3v) is 6.17. The minimum absolute atomic E-state index is 0.0200. The van der Waals surface area contributed by atoms with E-state index in [1.54, 1.807) is 0 Å². The molecule has 2 atom stereocenters. The Balaban J connectivity index is 1.80. The predicted molar refractivity (Wildman–Crippen MR) is 99.8 cm³/mol. The topological polar surface area (TPSA) is 33.1 Å². The largest absolute Gasteiger partial charge is 0.392 e. The van der Waals surface area contributed by atoms with Crippen LogP contribution in [0.3, 0.4) is 0 Å². The van der Waals surface area contributed by atoms with Gasteiger partial charge in [0.2, 0.25) is 0 Å². The van der Waals surface area contributed by atoms with Crippen LogP contribution < -0.4 is 0 Å². The van der Waals surface area contributed by atoms with Crippen LogP contribution in [0.5, 0.6) is 0 Å². The van der Waals surface area contributed by atoms with Crippen molar-refractivity contribution in [1.82, 2.24) is 4.98 Å². The Morgan fingerprint density at radius 1 is 1.08 bits per heavy atom. The Morgan fingerprint density at radius 3 is 2.58 bits per heavy atom. The van der Waals surface area contributed by atoms with E-state index in [-0.39, 0.29) is 12.0 Å². The fourth-order valence-electron chi connectivity index (χ4n) is 3.48. The number of aliphatic hydroxyl groups excluding tert-OH is 1. The molecule has 0 saturated heterocycles. The zero-order valence-electron chi connectivity index (χ0n) is 13.2. The Bertz CT molecular complexity index is 829. The summed E-state index contributed by atoms with van der Waals surface area (Å²) in [5, 5.41) is 11.5. The maximum atomic E-state index is 10.8. The van der Waals surface area contributed by atoms with Gasteiger partial charge in [0.15, 0.2) is 0 Å². The van der Waals surface area contributed by atoms with Crippen molar-refractivity contribution in [2.24, 2.45) is 0 Å². The standard InChI is InChI=1S/C20H18ClNOS/c21-15-6-4-14(5-7-15)20-16-12-19(13-8-10-22-11-9-13)24-18(16)3-1-2-17(20)23/h4-12,17,20,23H,1-3H2. The van der Waals surface area contributed by atoms with Gasteiger partial charge in [0, 0.05) is 33.1 Å². The van der Waals surface area contributed by atoms with E-state index in [0.717, 1.165) is 29.8 Å². The molecule has 2 aromatic heterocycles. The van der Waals surface area contributed by atoms with Crippen LogP contribution in [0, 0.1) is 0 Å². The molecular formula is C20H18ClNOS. The van der Waals surface area contributed by atoms with Crippen LogP contribution in [0.1, 0.15) is 34.8 Å². The zero-order chi connectivity index (χ0) is 16.5. The fourth-order valence-corrected chi connectivity index (χ4v) is 4.86. The highest BCUT2D eigenvalue weighted by molar-refractivity contribution is 7.15. The first-order valence-corrected chi connectivity index (χ1v) is 9.38. The van der Waals surface area contributed by atoms with Gasteiger partial charge < -0.3 is 5.11 Å². The molecule has 4 heteroatoms. The van der Waals surface area contributed by atoms with Crippen molar-refractivity contribution in [2.45, 2.75) is 31.3 Å². The van der Waals surface area contributed by atoms with Crippen LogP contribution in [0.4, 0.5) is 0 Å². The van der Waals surface area contributed by atoms with Crippen molar-refractivity contribution in [3.63, 3.8) is 0 Å². The van der Waals surface area contributed by atoms with Crippen LogP contribution in [0.2, 0.25) is 5.02 Å². The molecule has 0 radical (unpaired) electrons. The molecule has 0 aliphatic heterocycles. The molecule has 2 heterocycles. The Morgan fingerprint density at radius 2 is 1.83 bits per heavy atom. The molecule has 4 rings (SSSR count). The lowest BCUT2D eigenvalue weighted by atomic mass is 9.86. The molecule has 2 unspecified atom stereocenters. The van der Waals surface area contributed by atoms with Crippen molar-refractivity contribution >= 4 is 22.9 Å². The quantitative estimate of drug-likeness (QED) is 0.633. The zero-order valence-corrected chi connectivity index (χ0v) is 14.7. The lowest BCUT2D eigenvalue weighted by Crippen LogP contribution is -2.18. The minimum Gasteiger partial charge on any atom is -0.392 e. The predicted octanol–water partition coefficient (Wildman–Crippen LogP) is 5.29. The number of aromatic nitrogens is 1. The highest BCUT2D eigenvalue weighted by atomic mass is 35.5. The lowest BCUT2D eigenvalue weighted by Gasteiger charge is -2.21. The van der Waals surface area contributed by atoms with E-state index < -0.39 is 0 Å². The molecule has 1 aromatic carbocycles. The summed E-state index contributed by atoms with van der Waals surface area (Å²) < 4.78 is 0. The van der Waals surface area contributed by atoms with Crippen molar-refractivity contribution in [3.8, 4) is 10.4 Å². The third-order valence-electron chi connectivity index (χ3n) is 4.66. The summed E-state index contributed by atoms with van der Waals surface area (Å²) in [4.78, 5) is 6.74. The van der Waals surface area contributed by atoms with E-state index in [2.05, 4.69) is 11.1 Å². The number of benzene rings is 1. The van der Waals surface area contributed by atoms with E-state index in [1.807, 2.05) is 60.1 Å². The van der Waals surface area contributed by atoms with E-state index in [0.29, 0.717) is 0 Å². The van der Waals surface area contributed by atoms with Gasteiger partial charge in [-0.1, -0.05) is 23.7 Å². The third kappa shape index (κ3) is 3.00. The second kappa shape index (κ2) is 6.67. The van der Waals surface area contributed by atoms with Gasteiger partial charge in [-0.2, -0.15) is 0 Å². The van der Waals surface area contributed by atoms with E-state index in [1.165, 1.54) is 20.9 Å². The normalized spacial score (nSPS) is 20.4. The Kier molecular flexibility index (Phi) is 4.40. The van der Waals surface area contributed by atoms with Crippen LogP contribution in [0.15, 0.2) is 54.9 Å². The molecule has 0 spiro atoms. The number of nitrogens with zero attached hydrogens (tertiary/aromatic N) is 1. The molecule has 2 nitrogen and oxygen atoms in total. The van der Waals surface area contributed by atoms with Gasteiger partial charge in [-0.05, 0) is 66.3 Å². The Labute approximate surface area is 150 Å². The highest BCUT2D eigenvalue weighted by Gasteiger charge is 2.29. The molecule has 24 heavy (non-hydrogen) atoms. The number of rotatable bonds is 2. The summed E-state index contributed by atoms with van der Waals surface area (Å²) in [7, 11) is 0. The van der Waals surface area contributed by atoms with Crippen molar-refractivity contribution in [1.29, 1.82) is 0 Å². The molecule has 0 saturated carbocycles. The van der Waals surface area contributed by atoms with Gasteiger partial charge in [-0.3, -0.25) is 4.98 Å². The van der Waals surface area contributed by atoms with Crippen molar-refractivity contribution in [2.75, 3.05) is 0 Å². The molecule has 0 fully saturated rings. The number of hydrogen-bond acceptors (Lipinski definition) is 3. The molecular weight excluding hydrogens is 338 g/mol. The number of thiophene rings is 1. The molecule has 1 aliphatic rings. The molecule has 122 valence electrons. The van der Waals surface area contributed by atoms with Crippen molar-refractivity contribution in [3.05, 3.63) is 75.9 Å². The summed E-state index contributed by atoms with van der Waals surface area (Å²) in [6.45, 7) is 0. The van der Waals surface area contributed by atoms with E-state index in [4.69, 9.17) is 11.6 Å². The van der Waals surface area contributed by atoms with E-state index >= 15 is 0 Å². The number of hydrogen-bond donors (Lipinski definition) is 1. The molecule has 1 aliphatic carbocycles. The average Bonchev–Trinajstić information content (AvgIpc) is 2.95. The summed E-state index contributed by atoms with van der Waals surface area (Å²) in [6, 6.07) is 14.2. The summed E-state index contributed by atoms with van der Waals surface area (Å²) in [6.07, 6.45) is 6.18. The lowest BCUT2D eigenvalue weighted by molar-refractivity contribution is 0.147. The molecule has 1 N–H and O–H groups in total. The highest BCUT2D eigenvalue weighted by Crippen LogP contribution is 2.42. The summed E-state index contributed by atoms with van der Waals surface area (Å²) >= 11 is 7.88.